The van der Waals surface area contributed by atoms with E-state index in [1.807, 2.05) is 13.8 Å². The number of carbonyl (C=O) groups is 2. The number of carboxylic acid groups (broad SMARTS) is 1. The number of carboxylic acids is 1. The zero-order valence-corrected chi connectivity index (χ0v) is 13.4. The summed E-state index contributed by atoms with van der Waals surface area (Å²) in [6.45, 7) is 5.50. The van der Waals surface area contributed by atoms with E-state index in [0.717, 1.165) is 18.4 Å². The average Bonchev–Trinajstić information content (AvgIpc) is 2.37. The monoisotopic (exact) mass is 311 g/mol. The number of aliphatic carboxylic acids is 1. The van der Waals surface area contributed by atoms with Crippen LogP contribution in [0.1, 0.15) is 49.0 Å². The lowest BCUT2D eigenvalue weighted by atomic mass is 10.0. The molecule has 0 fully saturated rings. The molecule has 2 N–H and O–H groups in total. The van der Waals surface area contributed by atoms with Crippen LogP contribution in [-0.4, -0.2) is 23.0 Å². The van der Waals surface area contributed by atoms with E-state index in [2.05, 4.69) is 5.32 Å². The maximum Gasteiger partial charge on any atom is 0.306 e. The molecule has 0 aliphatic carbocycles. The molecular weight excluding hydrogens is 290 g/mol. The molecule has 116 valence electrons. The van der Waals surface area contributed by atoms with E-state index in [1.54, 1.807) is 25.1 Å². The molecule has 0 saturated carbocycles. The molecule has 0 aromatic heterocycles. The van der Waals surface area contributed by atoms with Crippen molar-refractivity contribution in [2.45, 2.75) is 46.1 Å². The molecule has 2 atom stereocenters. The van der Waals surface area contributed by atoms with Crippen molar-refractivity contribution in [1.29, 1.82) is 0 Å². The molecule has 2 unspecified atom stereocenters. The third-order valence-corrected chi connectivity index (χ3v) is 3.60. The highest BCUT2D eigenvalue weighted by Crippen LogP contribution is 2.15. The van der Waals surface area contributed by atoms with Gasteiger partial charge in [0.1, 0.15) is 0 Å². The van der Waals surface area contributed by atoms with Crippen LogP contribution in [0.2, 0.25) is 5.02 Å². The van der Waals surface area contributed by atoms with Crippen LogP contribution in [0.25, 0.3) is 0 Å². The molecule has 0 spiro atoms. The van der Waals surface area contributed by atoms with Gasteiger partial charge in [-0.05, 0) is 50.5 Å². The van der Waals surface area contributed by atoms with E-state index in [9.17, 15) is 9.59 Å². The molecule has 1 amide bonds. The van der Waals surface area contributed by atoms with Gasteiger partial charge in [0, 0.05) is 16.6 Å². The van der Waals surface area contributed by atoms with Gasteiger partial charge in [0.2, 0.25) is 0 Å². The Morgan fingerprint density at radius 1 is 1.24 bits per heavy atom. The summed E-state index contributed by atoms with van der Waals surface area (Å²) in [5.41, 5.74) is 1.49. The Balaban J connectivity index is 2.45. The lowest BCUT2D eigenvalue weighted by Gasteiger charge is -2.15. The second-order valence-corrected chi connectivity index (χ2v) is 6.00. The number of aryl methyl sites for hydroxylation is 1. The first kappa shape index (κ1) is 17.5. The lowest BCUT2D eigenvalue weighted by molar-refractivity contribution is -0.141. The maximum atomic E-state index is 12.1. The van der Waals surface area contributed by atoms with Crippen molar-refractivity contribution >= 4 is 23.5 Å². The van der Waals surface area contributed by atoms with Crippen LogP contribution in [0.5, 0.6) is 0 Å². The molecule has 0 aliphatic rings. The first-order chi connectivity index (χ1) is 9.79. The van der Waals surface area contributed by atoms with E-state index >= 15 is 0 Å². The molecular formula is C16H22ClNO3. The van der Waals surface area contributed by atoms with E-state index < -0.39 is 5.97 Å². The van der Waals surface area contributed by atoms with Crippen LogP contribution < -0.4 is 5.32 Å². The Kier molecular flexibility index (Phi) is 6.69. The van der Waals surface area contributed by atoms with Crippen LogP contribution >= 0.6 is 11.6 Å². The van der Waals surface area contributed by atoms with Crippen LogP contribution in [0.3, 0.4) is 0 Å². The molecule has 1 rings (SSSR count). The average molecular weight is 312 g/mol. The van der Waals surface area contributed by atoms with Crippen LogP contribution in [0, 0.1) is 12.8 Å². The van der Waals surface area contributed by atoms with Crippen molar-refractivity contribution in [3.63, 3.8) is 0 Å². The third-order valence-electron chi connectivity index (χ3n) is 3.38. The predicted octanol–water partition coefficient (Wildman–Crippen LogP) is 3.66. The highest BCUT2D eigenvalue weighted by molar-refractivity contribution is 6.31. The standard InChI is InChI=1S/C16H22ClNO3/c1-10-7-13(9-14(17)8-10)15(19)18-12(3)6-4-5-11(2)16(20)21/h7-9,11-12H,4-6H2,1-3H3,(H,18,19)(H,20,21). The molecule has 4 nitrogen and oxygen atoms in total. The summed E-state index contributed by atoms with van der Waals surface area (Å²) < 4.78 is 0. The number of rotatable bonds is 7. The van der Waals surface area contributed by atoms with E-state index in [1.165, 1.54) is 0 Å². The van der Waals surface area contributed by atoms with Gasteiger partial charge in [-0.2, -0.15) is 0 Å². The zero-order chi connectivity index (χ0) is 16.0. The van der Waals surface area contributed by atoms with Gasteiger partial charge in [0.15, 0.2) is 0 Å². The normalized spacial score (nSPS) is 13.5. The highest BCUT2D eigenvalue weighted by atomic mass is 35.5. The van der Waals surface area contributed by atoms with Gasteiger partial charge in [0.25, 0.3) is 5.91 Å². The van der Waals surface area contributed by atoms with Gasteiger partial charge >= 0.3 is 5.97 Å². The summed E-state index contributed by atoms with van der Waals surface area (Å²) in [7, 11) is 0. The Morgan fingerprint density at radius 2 is 1.90 bits per heavy atom. The minimum absolute atomic E-state index is 0.00205. The second kappa shape index (κ2) is 8.03. The van der Waals surface area contributed by atoms with Gasteiger partial charge < -0.3 is 10.4 Å². The smallest absolute Gasteiger partial charge is 0.306 e. The van der Waals surface area contributed by atoms with Crippen molar-refractivity contribution in [3.8, 4) is 0 Å². The number of hydrogen-bond acceptors (Lipinski definition) is 2. The van der Waals surface area contributed by atoms with Gasteiger partial charge in [-0.3, -0.25) is 9.59 Å². The fourth-order valence-electron chi connectivity index (χ4n) is 2.10. The Morgan fingerprint density at radius 3 is 2.48 bits per heavy atom. The van der Waals surface area contributed by atoms with Crippen molar-refractivity contribution in [1.82, 2.24) is 5.32 Å². The van der Waals surface area contributed by atoms with E-state index in [0.29, 0.717) is 17.0 Å². The quantitative estimate of drug-likeness (QED) is 0.807. The first-order valence-corrected chi connectivity index (χ1v) is 7.48. The van der Waals surface area contributed by atoms with E-state index in [-0.39, 0.29) is 17.9 Å². The third kappa shape index (κ3) is 6.17. The fraction of sp³-hybridized carbons (Fsp3) is 0.500. The summed E-state index contributed by atoms with van der Waals surface area (Å²) in [5.74, 6) is -1.27. The van der Waals surface area contributed by atoms with Gasteiger partial charge in [-0.1, -0.05) is 24.9 Å². The Hall–Kier alpha value is -1.55. The van der Waals surface area contributed by atoms with E-state index in [4.69, 9.17) is 16.7 Å². The van der Waals surface area contributed by atoms with Gasteiger partial charge in [-0.25, -0.2) is 0 Å². The number of hydrogen-bond donors (Lipinski definition) is 2. The molecule has 5 heteroatoms. The SMILES string of the molecule is Cc1cc(Cl)cc(C(=O)NC(C)CCCC(C)C(=O)O)c1. The summed E-state index contributed by atoms with van der Waals surface area (Å²) >= 11 is 5.94. The molecule has 0 saturated heterocycles. The van der Waals surface area contributed by atoms with Gasteiger partial charge in [0.05, 0.1) is 5.92 Å². The molecule has 1 aromatic carbocycles. The predicted molar refractivity (Wildman–Crippen MR) is 83.8 cm³/mol. The van der Waals surface area contributed by atoms with Crippen molar-refractivity contribution in [2.75, 3.05) is 0 Å². The molecule has 1 aromatic rings. The summed E-state index contributed by atoms with van der Waals surface area (Å²) in [4.78, 5) is 22.8. The van der Waals surface area contributed by atoms with Crippen LogP contribution in [-0.2, 0) is 4.79 Å². The molecule has 0 aliphatic heterocycles. The number of halogens is 1. The topological polar surface area (TPSA) is 66.4 Å². The number of amides is 1. The molecule has 0 heterocycles. The number of nitrogens with one attached hydrogen (secondary N) is 1. The molecule has 0 bridgehead atoms. The number of carbonyl (C=O) groups excluding carboxylic acids is 1. The Labute approximate surface area is 130 Å². The minimum Gasteiger partial charge on any atom is -0.481 e. The van der Waals surface area contributed by atoms with Crippen LogP contribution in [0.15, 0.2) is 18.2 Å². The lowest BCUT2D eigenvalue weighted by Crippen LogP contribution is -2.32. The highest BCUT2D eigenvalue weighted by Gasteiger charge is 2.13. The molecule has 21 heavy (non-hydrogen) atoms. The number of benzene rings is 1. The van der Waals surface area contributed by atoms with Crippen LogP contribution in [0.4, 0.5) is 0 Å². The summed E-state index contributed by atoms with van der Waals surface area (Å²) in [6, 6.07) is 5.23. The van der Waals surface area contributed by atoms with Crippen molar-refractivity contribution in [2.24, 2.45) is 5.92 Å². The summed E-state index contributed by atoms with van der Waals surface area (Å²) in [5, 5.41) is 12.3. The maximum absolute atomic E-state index is 12.1. The fourth-order valence-corrected chi connectivity index (χ4v) is 2.39. The van der Waals surface area contributed by atoms with Crippen molar-refractivity contribution < 1.29 is 14.7 Å². The minimum atomic E-state index is -0.777. The summed E-state index contributed by atoms with van der Waals surface area (Å²) in [6.07, 6.45) is 2.14. The second-order valence-electron chi connectivity index (χ2n) is 5.56. The van der Waals surface area contributed by atoms with Crippen molar-refractivity contribution in [3.05, 3.63) is 34.3 Å². The Bertz CT molecular complexity index is 496. The zero-order valence-electron chi connectivity index (χ0n) is 12.6. The first-order valence-electron chi connectivity index (χ1n) is 7.10. The molecule has 0 radical (unpaired) electrons. The largest absolute Gasteiger partial charge is 0.481 e. The van der Waals surface area contributed by atoms with Gasteiger partial charge in [-0.15, -0.1) is 0 Å².